The molecule has 0 saturated carbocycles. The number of imidazole rings is 1. The third kappa shape index (κ3) is 2.17. The molecule has 1 aromatic carbocycles. The van der Waals surface area contributed by atoms with E-state index < -0.39 is 0 Å². The minimum atomic E-state index is 0.479. The summed E-state index contributed by atoms with van der Waals surface area (Å²) in [4.78, 5) is 4.32. The highest BCUT2D eigenvalue weighted by Crippen LogP contribution is 2.25. The van der Waals surface area contributed by atoms with Crippen molar-refractivity contribution in [3.8, 4) is 0 Å². The molecule has 0 bridgehead atoms. The minimum absolute atomic E-state index is 0.479. The lowest BCUT2D eigenvalue weighted by Crippen LogP contribution is -2.10. The van der Waals surface area contributed by atoms with Crippen molar-refractivity contribution in [2.45, 2.75) is 20.0 Å². The summed E-state index contributed by atoms with van der Waals surface area (Å²) in [6.07, 6.45) is 3.83. The Bertz CT molecular complexity index is 728. The molecular formula is C13H14ClN5. The molecule has 2 aromatic heterocycles. The molecule has 0 unspecified atom stereocenters. The molecule has 0 amide bonds. The number of hydrogen-bond donors (Lipinski definition) is 1. The first-order chi connectivity index (χ1) is 9.15. The number of hydrogen-bond acceptors (Lipinski definition) is 3. The Hall–Kier alpha value is -2.01. The maximum absolute atomic E-state index is 6.22. The van der Waals surface area contributed by atoms with E-state index in [1.807, 2.05) is 46.8 Å². The highest BCUT2D eigenvalue weighted by atomic mass is 35.5. The molecule has 19 heavy (non-hydrogen) atoms. The summed E-state index contributed by atoms with van der Waals surface area (Å²) in [6.45, 7) is 3.43. The highest BCUT2D eigenvalue weighted by molar-refractivity contribution is 6.35. The van der Waals surface area contributed by atoms with Gasteiger partial charge < -0.3 is 10.3 Å². The molecule has 0 spiro atoms. The van der Waals surface area contributed by atoms with Gasteiger partial charge in [-0.05, 0) is 24.6 Å². The number of nitrogens with zero attached hydrogens (tertiary/aromatic N) is 4. The van der Waals surface area contributed by atoms with E-state index >= 15 is 0 Å². The van der Waals surface area contributed by atoms with Crippen molar-refractivity contribution in [1.29, 1.82) is 0 Å². The molecule has 0 saturated heterocycles. The lowest BCUT2D eigenvalue weighted by molar-refractivity contribution is 0.544. The van der Waals surface area contributed by atoms with Crippen LogP contribution in [0.15, 0.2) is 30.6 Å². The Kier molecular flexibility index (Phi) is 2.91. The monoisotopic (exact) mass is 275 g/mol. The maximum Gasteiger partial charge on any atom is 0.201 e. The number of benzene rings is 1. The molecule has 0 atom stereocenters. The lowest BCUT2D eigenvalue weighted by atomic mass is 10.3. The Balaban J connectivity index is 1.94. The fourth-order valence-electron chi connectivity index (χ4n) is 2.18. The molecule has 0 fully saturated rings. The van der Waals surface area contributed by atoms with Crippen LogP contribution in [0.3, 0.4) is 0 Å². The largest absolute Gasteiger partial charge is 0.369 e. The first kappa shape index (κ1) is 12.0. The molecule has 0 aliphatic rings. The maximum atomic E-state index is 6.22. The van der Waals surface area contributed by atoms with Crippen LogP contribution in [0.5, 0.6) is 0 Å². The van der Waals surface area contributed by atoms with Crippen LogP contribution in [0.1, 0.15) is 5.56 Å². The van der Waals surface area contributed by atoms with Crippen LogP contribution in [0.4, 0.5) is 5.95 Å². The molecule has 0 aliphatic heterocycles. The zero-order valence-electron chi connectivity index (χ0n) is 10.5. The van der Waals surface area contributed by atoms with Gasteiger partial charge >= 0.3 is 0 Å². The predicted molar refractivity (Wildman–Crippen MR) is 76.1 cm³/mol. The first-order valence-electron chi connectivity index (χ1n) is 6.04. The fourth-order valence-corrected chi connectivity index (χ4v) is 2.45. The number of nitrogens with two attached hydrogens (primary N) is 1. The molecule has 5 nitrogen and oxygen atoms in total. The van der Waals surface area contributed by atoms with E-state index in [9.17, 15) is 0 Å². The van der Waals surface area contributed by atoms with Crippen LogP contribution in [0.2, 0.25) is 5.02 Å². The van der Waals surface area contributed by atoms with Crippen molar-refractivity contribution in [2.75, 3.05) is 5.73 Å². The fraction of sp³-hybridized carbons (Fsp3) is 0.231. The van der Waals surface area contributed by atoms with Crippen molar-refractivity contribution in [1.82, 2.24) is 19.3 Å². The Morgan fingerprint density at radius 1 is 1.32 bits per heavy atom. The summed E-state index contributed by atoms with van der Waals surface area (Å²) in [6, 6.07) is 5.63. The average Bonchev–Trinajstić information content (AvgIpc) is 2.91. The SMILES string of the molecule is Cc1cnn(CCn2c(N)nc3cccc(Cl)c32)c1. The molecular weight excluding hydrogens is 262 g/mol. The summed E-state index contributed by atoms with van der Waals surface area (Å²) in [7, 11) is 0. The summed E-state index contributed by atoms with van der Waals surface area (Å²) in [5.74, 6) is 0.479. The van der Waals surface area contributed by atoms with Crippen molar-refractivity contribution in [3.05, 3.63) is 41.2 Å². The van der Waals surface area contributed by atoms with Crippen LogP contribution in [0.25, 0.3) is 11.0 Å². The zero-order valence-corrected chi connectivity index (χ0v) is 11.3. The third-order valence-electron chi connectivity index (χ3n) is 3.06. The van der Waals surface area contributed by atoms with Gasteiger partial charge in [0.2, 0.25) is 5.95 Å². The molecule has 0 aliphatic carbocycles. The van der Waals surface area contributed by atoms with E-state index in [4.69, 9.17) is 17.3 Å². The second kappa shape index (κ2) is 4.59. The predicted octanol–water partition coefficient (Wildman–Crippen LogP) is 2.48. The van der Waals surface area contributed by atoms with Gasteiger partial charge in [-0.25, -0.2) is 4.98 Å². The van der Waals surface area contributed by atoms with E-state index in [0.717, 1.165) is 23.1 Å². The van der Waals surface area contributed by atoms with E-state index in [1.54, 1.807) is 0 Å². The van der Waals surface area contributed by atoms with E-state index in [2.05, 4.69) is 10.1 Å². The van der Waals surface area contributed by atoms with E-state index in [1.165, 1.54) is 0 Å². The number of rotatable bonds is 3. The minimum Gasteiger partial charge on any atom is -0.369 e. The second-order valence-electron chi connectivity index (χ2n) is 4.51. The molecule has 3 rings (SSSR count). The van der Waals surface area contributed by atoms with Gasteiger partial charge in [0.1, 0.15) is 0 Å². The molecule has 98 valence electrons. The Morgan fingerprint density at radius 2 is 2.16 bits per heavy atom. The standard InChI is InChI=1S/C13H14ClN5/c1-9-7-16-18(8-9)5-6-19-12-10(14)3-2-4-11(12)17-13(19)15/h2-4,7-8H,5-6H2,1H3,(H2,15,17). The van der Waals surface area contributed by atoms with Crippen molar-refractivity contribution in [2.24, 2.45) is 0 Å². The number of halogens is 1. The smallest absolute Gasteiger partial charge is 0.201 e. The number of aryl methyl sites for hydroxylation is 3. The average molecular weight is 276 g/mol. The Labute approximate surface area is 115 Å². The zero-order chi connectivity index (χ0) is 13.4. The summed E-state index contributed by atoms with van der Waals surface area (Å²) >= 11 is 6.22. The summed E-state index contributed by atoms with van der Waals surface area (Å²) in [5, 5.41) is 4.92. The topological polar surface area (TPSA) is 61.7 Å². The lowest BCUT2D eigenvalue weighted by Gasteiger charge is -2.07. The van der Waals surface area contributed by atoms with Gasteiger partial charge in [0.05, 0.1) is 28.8 Å². The van der Waals surface area contributed by atoms with E-state index in [0.29, 0.717) is 17.5 Å². The van der Waals surface area contributed by atoms with Gasteiger partial charge in [-0.3, -0.25) is 4.68 Å². The highest BCUT2D eigenvalue weighted by Gasteiger charge is 2.10. The Morgan fingerprint density at radius 3 is 2.89 bits per heavy atom. The number of fused-ring (bicyclic) bond motifs is 1. The molecule has 2 N–H and O–H groups in total. The van der Waals surface area contributed by atoms with Crippen molar-refractivity contribution >= 4 is 28.6 Å². The van der Waals surface area contributed by atoms with Gasteiger partial charge in [-0.1, -0.05) is 17.7 Å². The number of para-hydroxylation sites is 1. The van der Waals surface area contributed by atoms with Gasteiger partial charge in [-0.15, -0.1) is 0 Å². The van der Waals surface area contributed by atoms with Gasteiger partial charge in [-0.2, -0.15) is 5.10 Å². The molecule has 3 aromatic rings. The summed E-state index contributed by atoms with van der Waals surface area (Å²) < 4.78 is 3.81. The quantitative estimate of drug-likeness (QED) is 0.799. The third-order valence-corrected chi connectivity index (χ3v) is 3.37. The van der Waals surface area contributed by atoms with Crippen LogP contribution >= 0.6 is 11.6 Å². The summed E-state index contributed by atoms with van der Waals surface area (Å²) in [5.41, 5.74) is 8.80. The molecule has 0 radical (unpaired) electrons. The van der Waals surface area contributed by atoms with Crippen LogP contribution in [-0.2, 0) is 13.1 Å². The second-order valence-corrected chi connectivity index (χ2v) is 4.92. The molecule has 2 heterocycles. The van der Waals surface area contributed by atoms with Crippen LogP contribution < -0.4 is 5.73 Å². The van der Waals surface area contributed by atoms with Crippen molar-refractivity contribution in [3.63, 3.8) is 0 Å². The van der Waals surface area contributed by atoms with Gasteiger partial charge in [0, 0.05) is 12.7 Å². The van der Waals surface area contributed by atoms with Crippen molar-refractivity contribution < 1.29 is 0 Å². The van der Waals surface area contributed by atoms with Gasteiger partial charge in [0.25, 0.3) is 0 Å². The normalized spacial score (nSPS) is 11.3. The number of anilines is 1. The number of aromatic nitrogens is 4. The molecule has 6 heteroatoms. The van der Waals surface area contributed by atoms with Crippen LogP contribution in [0, 0.1) is 6.92 Å². The van der Waals surface area contributed by atoms with Gasteiger partial charge in [0.15, 0.2) is 0 Å². The first-order valence-corrected chi connectivity index (χ1v) is 6.42. The van der Waals surface area contributed by atoms with Crippen LogP contribution in [-0.4, -0.2) is 19.3 Å². The van der Waals surface area contributed by atoms with E-state index in [-0.39, 0.29) is 0 Å². The number of nitrogen functional groups attached to an aromatic ring is 1.